The van der Waals surface area contributed by atoms with Crippen LogP contribution in [-0.2, 0) is 0 Å². The molecule has 0 aliphatic heterocycles. The summed E-state index contributed by atoms with van der Waals surface area (Å²) in [5.41, 5.74) is 6.25. The summed E-state index contributed by atoms with van der Waals surface area (Å²) in [7, 11) is 0. The van der Waals surface area contributed by atoms with Crippen molar-refractivity contribution in [1.29, 1.82) is 0 Å². The molecule has 1 fully saturated rings. The molecule has 5 nitrogen and oxygen atoms in total. The van der Waals surface area contributed by atoms with Crippen LogP contribution in [-0.4, -0.2) is 27.2 Å². The second-order valence-electron chi connectivity index (χ2n) is 6.17. The Bertz CT molecular complexity index is 439. The van der Waals surface area contributed by atoms with Crippen molar-refractivity contribution in [3.8, 4) is 0 Å². The Morgan fingerprint density at radius 3 is 2.50 bits per heavy atom. The zero-order chi connectivity index (χ0) is 14.6. The highest BCUT2D eigenvalue weighted by atomic mass is 16.3. The number of nitrogens with one attached hydrogen (secondary N) is 1. The molecular weight excluding hydrogens is 252 g/mol. The minimum Gasteiger partial charge on any atom is -0.388 e. The maximum atomic E-state index is 10.7. The Morgan fingerprint density at radius 2 is 1.90 bits per heavy atom. The fourth-order valence-corrected chi connectivity index (χ4v) is 2.93. The van der Waals surface area contributed by atoms with Crippen molar-refractivity contribution < 1.29 is 5.11 Å². The Hall–Kier alpha value is -1.36. The van der Waals surface area contributed by atoms with Crippen molar-refractivity contribution in [2.45, 2.75) is 63.9 Å². The van der Waals surface area contributed by atoms with Gasteiger partial charge in [0.15, 0.2) is 0 Å². The Labute approximate surface area is 121 Å². The van der Waals surface area contributed by atoms with E-state index in [1.165, 1.54) is 19.2 Å². The lowest BCUT2D eigenvalue weighted by Crippen LogP contribution is -2.36. The van der Waals surface area contributed by atoms with E-state index in [9.17, 15) is 5.11 Å². The van der Waals surface area contributed by atoms with E-state index in [4.69, 9.17) is 5.73 Å². The number of rotatable bonds is 4. The molecule has 0 radical (unpaired) electrons. The smallest absolute Gasteiger partial charge is 0.135 e. The molecule has 5 heteroatoms. The normalized spacial score (nSPS) is 18.8. The van der Waals surface area contributed by atoms with Gasteiger partial charge in [-0.3, -0.25) is 0 Å². The van der Waals surface area contributed by atoms with Gasteiger partial charge in [-0.05, 0) is 18.8 Å². The monoisotopic (exact) mass is 278 g/mol. The lowest BCUT2D eigenvalue weighted by atomic mass is 9.94. The van der Waals surface area contributed by atoms with Crippen LogP contribution in [0.5, 0.6) is 0 Å². The zero-order valence-electron chi connectivity index (χ0n) is 12.5. The maximum Gasteiger partial charge on any atom is 0.135 e. The number of aromatic nitrogens is 2. The van der Waals surface area contributed by atoms with Crippen LogP contribution in [0.1, 0.15) is 63.9 Å². The van der Waals surface area contributed by atoms with E-state index in [2.05, 4.69) is 29.1 Å². The third-order valence-electron chi connectivity index (χ3n) is 4.11. The van der Waals surface area contributed by atoms with Crippen molar-refractivity contribution in [3.63, 3.8) is 0 Å². The molecule has 1 aliphatic rings. The SMILES string of the molecule is CC(C)c1c(N)ncnc1NCC1(O)CCCCCC1. The van der Waals surface area contributed by atoms with Gasteiger partial charge in [0.25, 0.3) is 0 Å². The van der Waals surface area contributed by atoms with Gasteiger partial charge in [-0.1, -0.05) is 39.5 Å². The lowest BCUT2D eigenvalue weighted by molar-refractivity contribution is 0.0380. The molecule has 0 amide bonds. The number of nitrogens with zero attached hydrogens (tertiary/aromatic N) is 2. The molecule has 1 aromatic heterocycles. The summed E-state index contributed by atoms with van der Waals surface area (Å²) in [6.07, 6.45) is 7.83. The predicted molar refractivity (Wildman–Crippen MR) is 81.7 cm³/mol. The van der Waals surface area contributed by atoms with Gasteiger partial charge in [0.2, 0.25) is 0 Å². The van der Waals surface area contributed by atoms with E-state index < -0.39 is 5.60 Å². The average Bonchev–Trinajstić information content (AvgIpc) is 2.61. The molecule has 0 unspecified atom stereocenters. The number of aliphatic hydroxyl groups is 1. The molecule has 0 bridgehead atoms. The quantitative estimate of drug-likeness (QED) is 0.737. The van der Waals surface area contributed by atoms with Crippen LogP contribution in [0.3, 0.4) is 0 Å². The minimum absolute atomic E-state index is 0.252. The highest BCUT2D eigenvalue weighted by Crippen LogP contribution is 2.30. The van der Waals surface area contributed by atoms with Crippen LogP contribution in [0.2, 0.25) is 0 Å². The summed E-state index contributed by atoms with van der Waals surface area (Å²) in [5, 5.41) is 14.0. The molecule has 0 spiro atoms. The summed E-state index contributed by atoms with van der Waals surface area (Å²) < 4.78 is 0. The van der Waals surface area contributed by atoms with Gasteiger partial charge in [0, 0.05) is 12.1 Å². The fraction of sp³-hybridized carbons (Fsp3) is 0.733. The van der Waals surface area contributed by atoms with E-state index in [1.807, 2.05) is 0 Å². The topological polar surface area (TPSA) is 84.1 Å². The van der Waals surface area contributed by atoms with Crippen molar-refractivity contribution >= 4 is 11.6 Å². The van der Waals surface area contributed by atoms with E-state index in [0.29, 0.717) is 12.4 Å². The van der Waals surface area contributed by atoms with Crippen LogP contribution >= 0.6 is 0 Å². The number of hydrogen-bond acceptors (Lipinski definition) is 5. The predicted octanol–water partition coefficient (Wildman–Crippen LogP) is 2.68. The van der Waals surface area contributed by atoms with E-state index in [0.717, 1.165) is 37.1 Å². The molecule has 1 heterocycles. The van der Waals surface area contributed by atoms with Gasteiger partial charge in [-0.25, -0.2) is 9.97 Å². The molecule has 20 heavy (non-hydrogen) atoms. The van der Waals surface area contributed by atoms with Crippen molar-refractivity contribution in [3.05, 3.63) is 11.9 Å². The van der Waals surface area contributed by atoms with Crippen LogP contribution in [0.4, 0.5) is 11.6 Å². The molecule has 1 aromatic rings. The molecule has 1 aliphatic carbocycles. The lowest BCUT2D eigenvalue weighted by Gasteiger charge is -2.28. The van der Waals surface area contributed by atoms with Gasteiger partial charge in [-0.15, -0.1) is 0 Å². The van der Waals surface area contributed by atoms with Crippen LogP contribution in [0.25, 0.3) is 0 Å². The highest BCUT2D eigenvalue weighted by Gasteiger charge is 2.28. The first-order chi connectivity index (χ1) is 9.52. The second-order valence-corrected chi connectivity index (χ2v) is 6.17. The Kier molecular flexibility index (Phi) is 4.81. The Balaban J connectivity index is 2.08. The minimum atomic E-state index is -0.621. The van der Waals surface area contributed by atoms with Crippen LogP contribution in [0, 0.1) is 0 Å². The summed E-state index contributed by atoms with van der Waals surface area (Å²) >= 11 is 0. The van der Waals surface area contributed by atoms with Crippen molar-refractivity contribution in [2.24, 2.45) is 0 Å². The first-order valence-corrected chi connectivity index (χ1v) is 7.58. The summed E-state index contributed by atoms with van der Waals surface area (Å²) in [6, 6.07) is 0. The summed E-state index contributed by atoms with van der Waals surface area (Å²) in [4.78, 5) is 8.34. The zero-order valence-corrected chi connectivity index (χ0v) is 12.5. The third-order valence-corrected chi connectivity index (χ3v) is 4.11. The van der Waals surface area contributed by atoms with Gasteiger partial charge in [0.1, 0.15) is 18.0 Å². The largest absolute Gasteiger partial charge is 0.388 e. The highest BCUT2D eigenvalue weighted by molar-refractivity contribution is 5.56. The first kappa shape index (κ1) is 15.0. The average molecular weight is 278 g/mol. The number of nitrogens with two attached hydrogens (primary N) is 1. The second kappa shape index (κ2) is 6.39. The molecule has 1 saturated carbocycles. The third kappa shape index (κ3) is 3.60. The Morgan fingerprint density at radius 1 is 1.25 bits per heavy atom. The molecule has 0 aromatic carbocycles. The van der Waals surface area contributed by atoms with Crippen LogP contribution < -0.4 is 11.1 Å². The molecule has 0 atom stereocenters. The standard InChI is InChI=1S/C15H26N4O/c1-11(2)12-13(16)18-10-19-14(12)17-9-15(20)7-5-3-4-6-8-15/h10-11,20H,3-9H2,1-2H3,(H3,16,17,18,19). The molecule has 2 rings (SSSR count). The summed E-state index contributed by atoms with van der Waals surface area (Å²) in [6.45, 7) is 4.67. The number of anilines is 2. The number of nitrogen functional groups attached to an aromatic ring is 1. The van der Waals surface area contributed by atoms with Crippen molar-refractivity contribution in [2.75, 3.05) is 17.6 Å². The number of hydrogen-bond donors (Lipinski definition) is 3. The van der Waals surface area contributed by atoms with Gasteiger partial charge < -0.3 is 16.2 Å². The van der Waals surface area contributed by atoms with E-state index in [-0.39, 0.29) is 5.92 Å². The van der Waals surface area contributed by atoms with E-state index >= 15 is 0 Å². The van der Waals surface area contributed by atoms with E-state index in [1.54, 1.807) is 0 Å². The van der Waals surface area contributed by atoms with Gasteiger partial charge in [-0.2, -0.15) is 0 Å². The van der Waals surface area contributed by atoms with Crippen LogP contribution in [0.15, 0.2) is 6.33 Å². The molecule has 0 saturated heterocycles. The fourth-order valence-electron chi connectivity index (χ4n) is 2.93. The van der Waals surface area contributed by atoms with Crippen molar-refractivity contribution in [1.82, 2.24) is 9.97 Å². The molecular formula is C15H26N4O. The first-order valence-electron chi connectivity index (χ1n) is 7.58. The van der Waals surface area contributed by atoms with Gasteiger partial charge in [0.05, 0.1) is 5.60 Å². The van der Waals surface area contributed by atoms with Gasteiger partial charge >= 0.3 is 0 Å². The maximum absolute atomic E-state index is 10.7. The summed E-state index contributed by atoms with van der Waals surface area (Å²) in [5.74, 6) is 1.53. The molecule has 112 valence electrons. The molecule has 4 N–H and O–H groups in total.